The van der Waals surface area contributed by atoms with E-state index in [0.29, 0.717) is 18.1 Å². The molecule has 96 valence electrons. The number of aliphatic hydroxyl groups excluding tert-OH is 1. The van der Waals surface area contributed by atoms with Gasteiger partial charge in [0.25, 0.3) is 5.91 Å². The first-order valence-corrected chi connectivity index (χ1v) is 6.28. The van der Waals surface area contributed by atoms with Crippen molar-refractivity contribution in [1.82, 2.24) is 9.97 Å². The van der Waals surface area contributed by atoms with Crippen molar-refractivity contribution in [3.8, 4) is 0 Å². The van der Waals surface area contributed by atoms with Crippen molar-refractivity contribution in [1.29, 1.82) is 0 Å². The van der Waals surface area contributed by atoms with Crippen LogP contribution in [0.4, 0.5) is 11.5 Å². The number of nitrogens with zero attached hydrogens (tertiary/aromatic N) is 3. The average Bonchev–Trinajstić information content (AvgIpc) is 2.32. The number of hydrogen-bond donors (Lipinski definition) is 2. The highest BCUT2D eigenvalue weighted by atomic mass is 35.5. The highest BCUT2D eigenvalue weighted by Crippen LogP contribution is 2.37. The maximum atomic E-state index is 12.2. The van der Waals surface area contributed by atoms with E-state index in [1.54, 1.807) is 11.8 Å². The predicted octanol–water partition coefficient (Wildman–Crippen LogP) is 0.584. The number of nitrogens with one attached hydrogen (secondary N) is 1. The van der Waals surface area contributed by atoms with Crippen molar-refractivity contribution in [3.05, 3.63) is 11.0 Å². The first-order valence-electron chi connectivity index (χ1n) is 5.90. The molecule has 0 radical (unpaired) electrons. The number of carbonyl (C=O) groups is 1. The van der Waals surface area contributed by atoms with Gasteiger partial charge in [-0.25, -0.2) is 4.98 Å². The van der Waals surface area contributed by atoms with Crippen molar-refractivity contribution < 1.29 is 9.90 Å². The molecule has 18 heavy (non-hydrogen) atoms. The molecule has 1 amide bonds. The Balaban J connectivity index is 2.14. The van der Waals surface area contributed by atoms with Gasteiger partial charge in [0.15, 0.2) is 5.82 Å². The van der Waals surface area contributed by atoms with Gasteiger partial charge in [0.2, 0.25) is 5.28 Å². The normalized spacial score (nSPS) is 23.4. The van der Waals surface area contributed by atoms with Crippen LogP contribution < -0.4 is 10.2 Å². The molecular weight excluding hydrogens is 256 g/mol. The summed E-state index contributed by atoms with van der Waals surface area (Å²) in [6.07, 6.45) is 0.845. The molecule has 6 nitrogen and oxygen atoms in total. The summed E-state index contributed by atoms with van der Waals surface area (Å²) >= 11 is 5.87. The second-order valence-corrected chi connectivity index (χ2v) is 4.93. The summed E-state index contributed by atoms with van der Waals surface area (Å²) in [5.41, 5.74) is 1.51. The van der Waals surface area contributed by atoms with Crippen LogP contribution in [0.2, 0.25) is 5.28 Å². The summed E-state index contributed by atoms with van der Waals surface area (Å²) in [5.74, 6) is 0.402. The Morgan fingerprint density at radius 1 is 1.56 bits per heavy atom. The van der Waals surface area contributed by atoms with Gasteiger partial charge >= 0.3 is 0 Å². The number of aryl methyl sites for hydroxylation is 1. The quantitative estimate of drug-likeness (QED) is 0.729. The van der Waals surface area contributed by atoms with Crippen LogP contribution in [-0.4, -0.2) is 39.7 Å². The molecule has 1 aromatic heterocycles. The molecule has 2 atom stereocenters. The van der Waals surface area contributed by atoms with Gasteiger partial charge in [0.05, 0.1) is 11.8 Å². The van der Waals surface area contributed by atoms with Crippen LogP contribution in [0, 0.1) is 0 Å². The molecule has 2 aliphatic rings. The molecule has 0 aromatic carbocycles. The number of halogens is 1. The lowest BCUT2D eigenvalue weighted by Gasteiger charge is -2.38. The molecule has 0 spiro atoms. The van der Waals surface area contributed by atoms with Crippen LogP contribution >= 0.6 is 11.6 Å². The third kappa shape index (κ3) is 1.64. The highest BCUT2D eigenvalue weighted by molar-refractivity contribution is 6.28. The monoisotopic (exact) mass is 268 g/mol. The molecular formula is C11H13ClN4O2. The third-order valence-electron chi connectivity index (χ3n) is 3.30. The summed E-state index contributed by atoms with van der Waals surface area (Å²) in [5, 5.41) is 12.8. The Bertz CT molecular complexity index is 520. The minimum Gasteiger partial charge on any atom is -0.391 e. The van der Waals surface area contributed by atoms with Crippen molar-refractivity contribution in [2.45, 2.75) is 31.9 Å². The molecule has 2 aliphatic heterocycles. The van der Waals surface area contributed by atoms with Gasteiger partial charge in [0, 0.05) is 6.54 Å². The summed E-state index contributed by atoms with van der Waals surface area (Å²) in [6.45, 7) is 2.21. The summed E-state index contributed by atoms with van der Waals surface area (Å²) in [4.78, 5) is 22.2. The van der Waals surface area contributed by atoms with Crippen LogP contribution in [0.15, 0.2) is 0 Å². The van der Waals surface area contributed by atoms with Gasteiger partial charge in [-0.05, 0) is 31.4 Å². The van der Waals surface area contributed by atoms with Crippen LogP contribution in [-0.2, 0) is 11.2 Å². The number of rotatable bonds is 1. The number of aromatic nitrogens is 2. The van der Waals surface area contributed by atoms with Gasteiger partial charge in [-0.2, -0.15) is 4.98 Å². The third-order valence-corrected chi connectivity index (χ3v) is 3.47. The minimum atomic E-state index is -0.787. The molecule has 0 unspecified atom stereocenters. The Labute approximate surface area is 109 Å². The van der Waals surface area contributed by atoms with E-state index in [1.807, 2.05) is 0 Å². The lowest BCUT2D eigenvalue weighted by molar-refractivity contribution is -0.121. The number of carbonyl (C=O) groups excluding carboxylic acids is 1. The van der Waals surface area contributed by atoms with Crippen molar-refractivity contribution in [2.75, 3.05) is 16.8 Å². The lowest BCUT2D eigenvalue weighted by atomic mass is 10.0. The Morgan fingerprint density at radius 2 is 2.33 bits per heavy atom. The van der Waals surface area contributed by atoms with Gasteiger partial charge < -0.3 is 15.3 Å². The Morgan fingerprint density at radius 3 is 3.06 bits per heavy atom. The fourth-order valence-corrected chi connectivity index (χ4v) is 2.66. The van der Waals surface area contributed by atoms with E-state index in [0.717, 1.165) is 18.5 Å². The molecule has 1 aromatic rings. The Hall–Kier alpha value is -1.40. The minimum absolute atomic E-state index is 0.135. The average molecular weight is 269 g/mol. The molecule has 0 saturated heterocycles. The zero-order valence-electron chi connectivity index (χ0n) is 9.85. The van der Waals surface area contributed by atoms with Crippen LogP contribution in [0.3, 0.4) is 0 Å². The van der Waals surface area contributed by atoms with E-state index in [4.69, 9.17) is 11.6 Å². The van der Waals surface area contributed by atoms with E-state index in [9.17, 15) is 9.90 Å². The number of aliphatic hydroxyl groups is 1. The topological polar surface area (TPSA) is 78.3 Å². The number of amides is 1. The van der Waals surface area contributed by atoms with Crippen molar-refractivity contribution >= 4 is 29.0 Å². The van der Waals surface area contributed by atoms with Crippen molar-refractivity contribution in [3.63, 3.8) is 0 Å². The van der Waals surface area contributed by atoms with Crippen LogP contribution in [0.1, 0.15) is 19.0 Å². The summed E-state index contributed by atoms with van der Waals surface area (Å²) in [6, 6.07) is -0.672. The molecule has 3 rings (SSSR count). The van der Waals surface area contributed by atoms with Crippen molar-refractivity contribution in [2.24, 2.45) is 0 Å². The summed E-state index contributed by atoms with van der Waals surface area (Å²) in [7, 11) is 0. The molecule has 0 aliphatic carbocycles. The van der Waals surface area contributed by atoms with E-state index in [1.165, 1.54) is 0 Å². The number of anilines is 2. The molecule has 0 fully saturated rings. The van der Waals surface area contributed by atoms with Gasteiger partial charge in [-0.15, -0.1) is 0 Å². The fraction of sp³-hybridized carbons (Fsp3) is 0.545. The zero-order chi connectivity index (χ0) is 12.9. The maximum Gasteiger partial charge on any atom is 0.252 e. The van der Waals surface area contributed by atoms with Gasteiger partial charge in [-0.3, -0.25) is 4.79 Å². The molecule has 0 bridgehead atoms. The fourth-order valence-electron chi connectivity index (χ4n) is 2.47. The number of hydrogen-bond acceptors (Lipinski definition) is 5. The zero-order valence-corrected chi connectivity index (χ0v) is 10.6. The Kier molecular flexibility index (Phi) is 2.64. The molecule has 3 heterocycles. The largest absolute Gasteiger partial charge is 0.391 e. The van der Waals surface area contributed by atoms with Gasteiger partial charge in [0.1, 0.15) is 11.7 Å². The summed E-state index contributed by atoms with van der Waals surface area (Å²) < 4.78 is 0. The first kappa shape index (κ1) is 11.7. The van der Waals surface area contributed by atoms with Crippen LogP contribution in [0.25, 0.3) is 0 Å². The second-order valence-electron chi connectivity index (χ2n) is 4.59. The van der Waals surface area contributed by atoms with E-state index < -0.39 is 12.1 Å². The molecule has 0 saturated carbocycles. The molecule has 2 N–H and O–H groups in total. The first-order chi connectivity index (χ1) is 8.58. The maximum absolute atomic E-state index is 12.2. The van der Waals surface area contributed by atoms with E-state index in [-0.39, 0.29) is 11.2 Å². The second kappa shape index (κ2) is 4.07. The van der Waals surface area contributed by atoms with E-state index in [2.05, 4.69) is 15.3 Å². The highest BCUT2D eigenvalue weighted by Gasteiger charge is 2.39. The standard InChI is InChI=1S/C11H13ClN4O2/c1-5(17)7-10(18)16-4-2-3-6-8(16)9(14-7)15-11(12)13-6/h5,7,17H,2-4H2,1H3,(H,13,14,15)/t5-,7-/m0/s1. The van der Waals surface area contributed by atoms with E-state index >= 15 is 0 Å². The van der Waals surface area contributed by atoms with Gasteiger partial charge in [-0.1, -0.05) is 0 Å². The van der Waals surface area contributed by atoms with Crippen LogP contribution in [0.5, 0.6) is 0 Å². The molecule has 7 heteroatoms. The lowest BCUT2D eigenvalue weighted by Crippen LogP contribution is -2.53. The smallest absolute Gasteiger partial charge is 0.252 e. The SMILES string of the molecule is C[C@H](O)[C@@H]1Nc2nc(Cl)nc3c2N(CCC3)C1=O. The predicted molar refractivity (Wildman–Crippen MR) is 66.8 cm³/mol.